The molecule has 6 nitrogen and oxygen atoms in total. The summed E-state index contributed by atoms with van der Waals surface area (Å²) in [5.41, 5.74) is 5.94. The fourth-order valence-corrected chi connectivity index (χ4v) is 2.93. The van der Waals surface area contributed by atoms with Crippen molar-refractivity contribution in [1.82, 2.24) is 0 Å². The molecular formula is C14H14N2O4S. The Morgan fingerprint density at radius 2 is 1.86 bits per heavy atom. The first kappa shape index (κ1) is 14.9. The van der Waals surface area contributed by atoms with E-state index in [4.69, 9.17) is 9.92 Å². The molecule has 2 amide bonds. The number of carbonyl (C=O) groups is 1. The molecule has 0 atom stereocenters. The molecule has 0 radical (unpaired) electrons. The van der Waals surface area contributed by atoms with E-state index in [2.05, 4.69) is 5.32 Å². The zero-order chi connectivity index (χ0) is 15.5. The highest BCUT2D eigenvalue weighted by atomic mass is 32.2. The van der Waals surface area contributed by atoms with Crippen LogP contribution in [0.25, 0.3) is 0 Å². The highest BCUT2D eigenvalue weighted by Crippen LogP contribution is 2.23. The number of urea groups is 1. The van der Waals surface area contributed by atoms with Gasteiger partial charge in [0.25, 0.3) is 0 Å². The highest BCUT2D eigenvalue weighted by molar-refractivity contribution is 7.87. The Labute approximate surface area is 122 Å². The number of hydrogen-bond donors (Lipinski definition) is 2. The number of carbonyl (C=O) groups excluding carboxylic acids is 1. The Balaban J connectivity index is 2.29. The lowest BCUT2D eigenvalue weighted by Gasteiger charge is -2.10. The molecule has 2 rings (SSSR count). The number of rotatable bonds is 4. The lowest BCUT2D eigenvalue weighted by Crippen LogP contribution is -2.19. The number of benzene rings is 2. The molecule has 0 aliphatic carbocycles. The van der Waals surface area contributed by atoms with Crippen molar-refractivity contribution in [2.45, 2.75) is 11.8 Å². The second kappa shape index (κ2) is 5.84. The minimum atomic E-state index is -3.93. The predicted molar refractivity (Wildman–Crippen MR) is 78.6 cm³/mol. The van der Waals surface area contributed by atoms with E-state index in [1.165, 1.54) is 18.2 Å². The zero-order valence-electron chi connectivity index (χ0n) is 11.2. The van der Waals surface area contributed by atoms with Crippen LogP contribution in [0, 0.1) is 6.92 Å². The van der Waals surface area contributed by atoms with Crippen LogP contribution in [-0.4, -0.2) is 14.4 Å². The van der Waals surface area contributed by atoms with Gasteiger partial charge in [0.1, 0.15) is 10.6 Å². The largest absolute Gasteiger partial charge is 0.379 e. The maximum absolute atomic E-state index is 12.2. The number of nitrogens with two attached hydrogens (primary N) is 1. The summed E-state index contributed by atoms with van der Waals surface area (Å²) in [6.07, 6.45) is 0. The van der Waals surface area contributed by atoms with Crippen LogP contribution in [0.4, 0.5) is 10.5 Å². The average Bonchev–Trinajstić information content (AvgIpc) is 2.38. The van der Waals surface area contributed by atoms with E-state index in [-0.39, 0.29) is 10.6 Å². The Kier molecular flexibility index (Phi) is 4.13. The molecule has 2 aromatic carbocycles. The number of anilines is 1. The Hall–Kier alpha value is -2.54. The van der Waals surface area contributed by atoms with Crippen LogP contribution in [0.1, 0.15) is 5.56 Å². The van der Waals surface area contributed by atoms with Gasteiger partial charge in [-0.05, 0) is 30.7 Å². The van der Waals surface area contributed by atoms with Gasteiger partial charge in [-0.3, -0.25) is 0 Å². The molecule has 0 aromatic heterocycles. The van der Waals surface area contributed by atoms with E-state index in [0.29, 0.717) is 11.3 Å². The summed E-state index contributed by atoms with van der Waals surface area (Å²) in [4.78, 5) is 10.9. The number of aryl methyl sites for hydroxylation is 1. The molecule has 21 heavy (non-hydrogen) atoms. The predicted octanol–water partition coefficient (Wildman–Crippen LogP) is 2.25. The van der Waals surface area contributed by atoms with Crippen LogP contribution < -0.4 is 15.2 Å². The first-order chi connectivity index (χ1) is 9.88. The number of primary amides is 1. The molecule has 3 N–H and O–H groups in total. The van der Waals surface area contributed by atoms with E-state index in [1.54, 1.807) is 37.3 Å². The van der Waals surface area contributed by atoms with Crippen LogP contribution in [0.2, 0.25) is 0 Å². The summed E-state index contributed by atoms with van der Waals surface area (Å²) in [5.74, 6) is 0.0875. The van der Waals surface area contributed by atoms with Gasteiger partial charge in [-0.1, -0.05) is 24.3 Å². The molecule has 0 spiro atoms. The summed E-state index contributed by atoms with van der Waals surface area (Å²) >= 11 is 0. The van der Waals surface area contributed by atoms with Crippen molar-refractivity contribution in [3.8, 4) is 5.75 Å². The van der Waals surface area contributed by atoms with Crippen molar-refractivity contribution < 1.29 is 17.4 Å². The summed E-state index contributed by atoms with van der Waals surface area (Å²) in [6.45, 7) is 1.68. The van der Waals surface area contributed by atoms with Gasteiger partial charge < -0.3 is 15.2 Å². The van der Waals surface area contributed by atoms with Crippen molar-refractivity contribution >= 4 is 21.8 Å². The molecule has 110 valence electrons. The molecule has 0 fully saturated rings. The van der Waals surface area contributed by atoms with E-state index in [9.17, 15) is 13.2 Å². The van der Waals surface area contributed by atoms with Crippen molar-refractivity contribution in [3.05, 3.63) is 54.1 Å². The van der Waals surface area contributed by atoms with Gasteiger partial charge in [0, 0.05) is 11.8 Å². The van der Waals surface area contributed by atoms with E-state index < -0.39 is 16.1 Å². The topological polar surface area (TPSA) is 98.5 Å². The first-order valence-corrected chi connectivity index (χ1v) is 7.46. The monoisotopic (exact) mass is 306 g/mol. The second-order valence-corrected chi connectivity index (χ2v) is 5.83. The molecule has 7 heteroatoms. The van der Waals surface area contributed by atoms with Crippen LogP contribution in [-0.2, 0) is 10.1 Å². The number of hydrogen-bond acceptors (Lipinski definition) is 4. The third-order valence-electron chi connectivity index (χ3n) is 2.67. The van der Waals surface area contributed by atoms with E-state index in [0.717, 1.165) is 0 Å². The first-order valence-electron chi connectivity index (χ1n) is 6.05. The minimum Gasteiger partial charge on any atom is -0.379 e. The lowest BCUT2D eigenvalue weighted by atomic mass is 10.2. The third kappa shape index (κ3) is 3.73. The Morgan fingerprint density at radius 3 is 2.52 bits per heavy atom. The fourth-order valence-electron chi connectivity index (χ4n) is 1.78. The standard InChI is InChI=1S/C14H14N2O4S/c1-10-5-2-3-8-13(10)21(18,19)20-12-7-4-6-11(9-12)16-14(15)17/h2-9H,1H3,(H3,15,16,17). The molecule has 0 saturated heterocycles. The van der Waals surface area contributed by atoms with Crippen LogP contribution in [0.5, 0.6) is 5.75 Å². The molecule has 0 heterocycles. The van der Waals surface area contributed by atoms with Gasteiger partial charge >= 0.3 is 16.1 Å². The van der Waals surface area contributed by atoms with Gasteiger partial charge in [0.2, 0.25) is 0 Å². The molecule has 0 aliphatic heterocycles. The van der Waals surface area contributed by atoms with Crippen molar-refractivity contribution in [3.63, 3.8) is 0 Å². The van der Waals surface area contributed by atoms with Gasteiger partial charge in [0.15, 0.2) is 0 Å². The normalized spacial score (nSPS) is 10.9. The van der Waals surface area contributed by atoms with Crippen molar-refractivity contribution in [2.75, 3.05) is 5.32 Å². The van der Waals surface area contributed by atoms with Crippen LogP contribution >= 0.6 is 0 Å². The molecule has 0 bridgehead atoms. The summed E-state index contributed by atoms with van der Waals surface area (Å²) < 4.78 is 29.5. The summed E-state index contributed by atoms with van der Waals surface area (Å²) in [7, 11) is -3.93. The third-order valence-corrected chi connectivity index (χ3v) is 4.08. The van der Waals surface area contributed by atoms with Crippen molar-refractivity contribution in [1.29, 1.82) is 0 Å². The van der Waals surface area contributed by atoms with Gasteiger partial charge in [0.05, 0.1) is 0 Å². The molecular weight excluding hydrogens is 292 g/mol. The van der Waals surface area contributed by atoms with Crippen LogP contribution in [0.15, 0.2) is 53.4 Å². The number of nitrogens with one attached hydrogen (secondary N) is 1. The summed E-state index contributed by atoms with van der Waals surface area (Å²) in [6, 6.07) is 11.7. The minimum absolute atomic E-state index is 0.0875. The molecule has 0 saturated carbocycles. The zero-order valence-corrected chi connectivity index (χ0v) is 12.1. The van der Waals surface area contributed by atoms with E-state index in [1.807, 2.05) is 0 Å². The lowest BCUT2D eigenvalue weighted by molar-refractivity contribution is 0.259. The van der Waals surface area contributed by atoms with Gasteiger partial charge in [-0.25, -0.2) is 4.79 Å². The molecule has 2 aromatic rings. The smallest absolute Gasteiger partial charge is 0.339 e. The molecule has 0 unspecified atom stereocenters. The highest BCUT2D eigenvalue weighted by Gasteiger charge is 2.18. The molecule has 0 aliphatic rings. The maximum atomic E-state index is 12.2. The van der Waals surface area contributed by atoms with E-state index >= 15 is 0 Å². The van der Waals surface area contributed by atoms with Crippen LogP contribution in [0.3, 0.4) is 0 Å². The summed E-state index contributed by atoms with van der Waals surface area (Å²) in [5, 5.41) is 2.35. The quantitative estimate of drug-likeness (QED) is 0.846. The van der Waals surface area contributed by atoms with Crippen molar-refractivity contribution in [2.24, 2.45) is 5.73 Å². The fraction of sp³-hybridized carbons (Fsp3) is 0.0714. The second-order valence-electron chi connectivity index (χ2n) is 4.32. The van der Waals surface area contributed by atoms with Gasteiger partial charge in [-0.15, -0.1) is 0 Å². The SMILES string of the molecule is Cc1ccccc1S(=O)(=O)Oc1cccc(NC(N)=O)c1. The Bertz CT molecular complexity index is 772. The average molecular weight is 306 g/mol. The maximum Gasteiger partial charge on any atom is 0.339 e. The number of amides is 2. The van der Waals surface area contributed by atoms with Gasteiger partial charge in [-0.2, -0.15) is 8.42 Å². The Morgan fingerprint density at radius 1 is 1.14 bits per heavy atom.